The average molecular weight is 539 g/mol. The zero-order valence-electron chi connectivity index (χ0n) is 22.2. The van der Waals surface area contributed by atoms with Crippen molar-refractivity contribution in [2.45, 2.75) is 51.0 Å². The summed E-state index contributed by atoms with van der Waals surface area (Å²) >= 11 is 4.40. The van der Waals surface area contributed by atoms with Crippen molar-refractivity contribution in [3.63, 3.8) is 0 Å². The van der Waals surface area contributed by atoms with Gasteiger partial charge >= 0.3 is 0 Å². The van der Waals surface area contributed by atoms with Gasteiger partial charge in [-0.05, 0) is 86.0 Å². The number of hydrogen-bond donors (Lipinski definition) is 1. The minimum atomic E-state index is -2.73. The average Bonchev–Trinajstić information content (AvgIpc) is 2.80. The Hall–Kier alpha value is -1.93. The molecule has 4 aromatic rings. The Balaban J connectivity index is 1.74. The minimum absolute atomic E-state index is 0.104. The number of pyridine rings is 2. The van der Waals surface area contributed by atoms with Crippen LogP contribution in [0, 0.1) is 6.92 Å². The van der Waals surface area contributed by atoms with Gasteiger partial charge in [-0.1, -0.05) is 39.0 Å². The van der Waals surface area contributed by atoms with Crippen LogP contribution in [0.3, 0.4) is 0 Å². The van der Waals surface area contributed by atoms with Gasteiger partial charge in [0, 0.05) is 39.4 Å². The molecule has 0 radical (unpaired) electrons. The number of aromatic nitrogens is 2. The van der Waals surface area contributed by atoms with Crippen molar-refractivity contribution in [3.8, 4) is 0 Å². The molecule has 0 spiro atoms. The second-order valence-electron chi connectivity index (χ2n) is 10.8. The van der Waals surface area contributed by atoms with Crippen LogP contribution in [-0.2, 0) is 9.13 Å². The molecule has 0 aliphatic rings. The molecule has 2 unspecified atom stereocenters. The first-order chi connectivity index (χ1) is 16.8. The first-order valence-electron chi connectivity index (χ1n) is 12.4. The maximum Gasteiger partial charge on any atom is 0.113 e. The molecule has 0 bridgehead atoms. The van der Waals surface area contributed by atoms with Crippen LogP contribution < -0.4 is 10.6 Å². The summed E-state index contributed by atoms with van der Waals surface area (Å²) < 4.78 is 27.9. The zero-order valence-corrected chi connectivity index (χ0v) is 24.9. The summed E-state index contributed by atoms with van der Waals surface area (Å²) in [4.78, 5) is 9.06. The molecule has 0 saturated heterocycles. The normalized spacial score (nSPS) is 14.9. The molecule has 0 N–H and O–H groups in total. The number of thiol groups is 1. The zero-order chi connectivity index (χ0) is 26.4. The molecular formula is C29H36N2O2P2S. The lowest BCUT2D eigenvalue weighted by Gasteiger charge is -2.25. The van der Waals surface area contributed by atoms with Gasteiger partial charge in [0.15, 0.2) is 0 Å². The summed E-state index contributed by atoms with van der Waals surface area (Å²) in [5.41, 5.74) is 3.97. The van der Waals surface area contributed by atoms with E-state index in [4.69, 9.17) is 0 Å². The van der Waals surface area contributed by atoms with Crippen LogP contribution in [0.25, 0.3) is 21.7 Å². The van der Waals surface area contributed by atoms with Crippen LogP contribution in [0.5, 0.6) is 0 Å². The van der Waals surface area contributed by atoms with E-state index < -0.39 is 14.3 Å². The molecule has 2 atom stereocenters. The van der Waals surface area contributed by atoms with E-state index in [0.29, 0.717) is 11.2 Å². The molecule has 2 heterocycles. The molecule has 4 rings (SSSR count). The van der Waals surface area contributed by atoms with Crippen molar-refractivity contribution in [3.05, 3.63) is 65.5 Å². The van der Waals surface area contributed by atoms with Crippen LogP contribution in [-0.4, -0.2) is 36.1 Å². The van der Waals surface area contributed by atoms with Crippen molar-refractivity contribution in [1.82, 2.24) is 9.97 Å². The van der Waals surface area contributed by atoms with Crippen molar-refractivity contribution < 1.29 is 9.13 Å². The molecule has 2 aromatic heterocycles. The predicted octanol–water partition coefficient (Wildman–Crippen LogP) is 7.56. The van der Waals surface area contributed by atoms with E-state index >= 15 is 0 Å². The summed E-state index contributed by atoms with van der Waals surface area (Å²) in [6, 6.07) is 14.2. The number of rotatable bonds is 7. The Morgan fingerprint density at radius 2 is 1.58 bits per heavy atom. The highest BCUT2D eigenvalue weighted by Gasteiger charge is 2.28. The molecule has 190 valence electrons. The minimum Gasteiger partial charge on any atom is -0.319 e. The predicted molar refractivity (Wildman–Crippen MR) is 160 cm³/mol. The van der Waals surface area contributed by atoms with E-state index in [2.05, 4.69) is 61.6 Å². The quantitative estimate of drug-likeness (QED) is 0.195. The van der Waals surface area contributed by atoms with Crippen LogP contribution in [0.1, 0.15) is 55.8 Å². The van der Waals surface area contributed by atoms with E-state index in [1.54, 1.807) is 0 Å². The number of fused-ring (bicyclic) bond motifs is 2. The largest absolute Gasteiger partial charge is 0.319 e. The third kappa shape index (κ3) is 5.35. The lowest BCUT2D eigenvalue weighted by molar-refractivity contribution is 0.580. The fourth-order valence-electron chi connectivity index (χ4n) is 5.23. The summed E-state index contributed by atoms with van der Waals surface area (Å²) in [6.07, 6.45) is 3.16. The van der Waals surface area contributed by atoms with Crippen molar-refractivity contribution in [1.29, 1.82) is 0 Å². The maximum atomic E-state index is 14.4. The molecule has 2 aromatic carbocycles. The molecule has 0 amide bonds. The van der Waals surface area contributed by atoms with Gasteiger partial charge in [0.05, 0.1) is 10.5 Å². The lowest BCUT2D eigenvalue weighted by Crippen LogP contribution is -2.18. The fourth-order valence-corrected chi connectivity index (χ4v) is 9.77. The summed E-state index contributed by atoms with van der Waals surface area (Å²) in [5, 5.41) is 5.48. The Morgan fingerprint density at radius 3 is 2.25 bits per heavy atom. The second kappa shape index (κ2) is 10.1. The van der Waals surface area contributed by atoms with Crippen molar-refractivity contribution in [2.24, 2.45) is 0 Å². The van der Waals surface area contributed by atoms with E-state index in [0.717, 1.165) is 55.5 Å². The fraction of sp³-hybridized carbons (Fsp3) is 0.379. The van der Waals surface area contributed by atoms with Gasteiger partial charge in [-0.2, -0.15) is 0 Å². The van der Waals surface area contributed by atoms with Crippen LogP contribution >= 0.6 is 26.9 Å². The third-order valence-electron chi connectivity index (χ3n) is 7.06. The Bertz CT molecular complexity index is 1560. The summed E-state index contributed by atoms with van der Waals surface area (Å²) in [6.45, 7) is 14.0. The van der Waals surface area contributed by atoms with Gasteiger partial charge < -0.3 is 9.13 Å². The van der Waals surface area contributed by atoms with Crippen molar-refractivity contribution in [2.75, 3.05) is 26.2 Å². The van der Waals surface area contributed by atoms with E-state index in [1.807, 2.05) is 57.4 Å². The van der Waals surface area contributed by atoms with Crippen LogP contribution in [0.4, 0.5) is 0 Å². The van der Waals surface area contributed by atoms with Gasteiger partial charge in [0.25, 0.3) is 0 Å². The molecule has 0 saturated carbocycles. The van der Waals surface area contributed by atoms with Gasteiger partial charge in [-0.3, -0.25) is 4.98 Å². The standard InChI is InChI=1S/C29H36N2O2P2S/c1-18(2)22-10-12-26-24(11-13-27(36)31-26)29(22)35(7,33)15-14-19(3)23-9-8-21-16-20(4)30-17-25(21)28(23)34(5,6)32/h8-13,16-19H,14-15H2,1-7H3,(H,31,36). The first-order valence-corrected chi connectivity index (χ1v) is 17.8. The smallest absolute Gasteiger partial charge is 0.113 e. The van der Waals surface area contributed by atoms with Gasteiger partial charge in [-0.25, -0.2) is 4.98 Å². The number of nitrogens with zero attached hydrogens (tertiary/aromatic N) is 2. The van der Waals surface area contributed by atoms with Gasteiger partial charge in [-0.15, -0.1) is 12.6 Å². The van der Waals surface area contributed by atoms with Crippen LogP contribution in [0.15, 0.2) is 53.7 Å². The Labute approximate surface area is 220 Å². The molecule has 0 aliphatic heterocycles. The Morgan fingerprint density at radius 1 is 0.889 bits per heavy atom. The number of aryl methyl sites for hydroxylation is 1. The van der Waals surface area contributed by atoms with Gasteiger partial charge in [0.2, 0.25) is 0 Å². The van der Waals surface area contributed by atoms with E-state index in [1.165, 1.54) is 0 Å². The highest BCUT2D eigenvalue weighted by atomic mass is 32.1. The molecule has 7 heteroatoms. The number of benzene rings is 2. The summed E-state index contributed by atoms with van der Waals surface area (Å²) in [7, 11) is -5.30. The van der Waals surface area contributed by atoms with Gasteiger partial charge in [0.1, 0.15) is 14.3 Å². The van der Waals surface area contributed by atoms with E-state index in [-0.39, 0.29) is 11.8 Å². The van der Waals surface area contributed by atoms with Crippen LogP contribution in [0.2, 0.25) is 0 Å². The lowest BCUT2D eigenvalue weighted by atomic mass is 9.96. The SMILES string of the molecule is Cc1cc2ccc(C(C)CCP(C)(=O)c3c(C(C)C)ccc4nc(S)ccc34)c(P(C)(C)=O)c2cn1. The third-order valence-corrected chi connectivity index (χ3v) is 11.4. The molecule has 0 aliphatic carbocycles. The topological polar surface area (TPSA) is 59.9 Å². The molecule has 4 nitrogen and oxygen atoms in total. The number of hydrogen-bond acceptors (Lipinski definition) is 5. The highest BCUT2D eigenvalue weighted by molar-refractivity contribution is 7.80. The maximum absolute atomic E-state index is 14.4. The van der Waals surface area contributed by atoms with E-state index in [9.17, 15) is 9.13 Å². The monoisotopic (exact) mass is 538 g/mol. The van der Waals surface area contributed by atoms with Crippen molar-refractivity contribution >= 4 is 59.2 Å². The second-order valence-corrected chi connectivity index (χ2v) is 17.5. The first kappa shape index (κ1) is 27.1. The molecule has 36 heavy (non-hydrogen) atoms. The summed E-state index contributed by atoms with van der Waals surface area (Å²) in [5.74, 6) is 0.353. The highest BCUT2D eigenvalue weighted by Crippen LogP contribution is 2.48. The Kier molecular flexibility index (Phi) is 7.60. The molecule has 0 fully saturated rings. The molecular weight excluding hydrogens is 502 g/mol.